The van der Waals surface area contributed by atoms with Crippen LogP contribution in [0.3, 0.4) is 0 Å². The van der Waals surface area contributed by atoms with E-state index in [0.717, 1.165) is 30.6 Å². The lowest BCUT2D eigenvalue weighted by Crippen LogP contribution is -2.10. The second-order valence-electron chi connectivity index (χ2n) is 3.61. The Kier molecular flexibility index (Phi) is 4.66. The van der Waals surface area contributed by atoms with E-state index < -0.39 is 0 Å². The number of hydrogen-bond donors (Lipinski definition) is 0. The van der Waals surface area contributed by atoms with E-state index in [2.05, 4.69) is 6.92 Å². The molecular weight excluding hydrogens is 192 g/mol. The van der Waals surface area contributed by atoms with Crippen molar-refractivity contribution in [3.63, 3.8) is 0 Å². The van der Waals surface area contributed by atoms with E-state index in [4.69, 9.17) is 9.47 Å². The van der Waals surface area contributed by atoms with Crippen molar-refractivity contribution in [2.24, 2.45) is 5.92 Å². The second kappa shape index (κ2) is 5.79. The molecule has 1 unspecified atom stereocenters. The van der Waals surface area contributed by atoms with Crippen molar-refractivity contribution in [1.82, 2.24) is 0 Å². The Hall–Kier alpha value is -0.990. The van der Waals surface area contributed by atoms with E-state index in [1.54, 1.807) is 0 Å². The average Bonchev–Trinajstić information content (AvgIpc) is 2.89. The Morgan fingerprint density at radius 2 is 2.00 bits per heavy atom. The van der Waals surface area contributed by atoms with E-state index in [9.17, 15) is 4.79 Å². The number of carbonyl (C=O) groups excluding carboxylic acids is 1. The molecule has 0 saturated carbocycles. The summed E-state index contributed by atoms with van der Waals surface area (Å²) >= 11 is 0. The molecule has 0 aliphatic heterocycles. The number of rotatable bonds is 7. The van der Waals surface area contributed by atoms with Crippen molar-refractivity contribution in [1.29, 1.82) is 0 Å². The van der Waals surface area contributed by atoms with Gasteiger partial charge in [0.15, 0.2) is 0 Å². The van der Waals surface area contributed by atoms with Gasteiger partial charge in [0.1, 0.15) is 11.7 Å². The van der Waals surface area contributed by atoms with Crippen LogP contribution < -0.4 is 0 Å². The van der Waals surface area contributed by atoms with Gasteiger partial charge in [-0.2, -0.15) is 0 Å². The summed E-state index contributed by atoms with van der Waals surface area (Å²) in [6, 6.07) is 0. The molecule has 0 bridgehead atoms. The van der Waals surface area contributed by atoms with Gasteiger partial charge in [0.2, 0.25) is 0 Å². The molecule has 0 saturated heterocycles. The molecule has 1 rings (SSSR count). The lowest BCUT2D eigenvalue weighted by Gasteiger charge is -2.01. The molecule has 15 heavy (non-hydrogen) atoms. The summed E-state index contributed by atoms with van der Waals surface area (Å²) in [6.07, 6.45) is 3.22. The van der Waals surface area contributed by atoms with E-state index in [-0.39, 0.29) is 11.9 Å². The summed E-state index contributed by atoms with van der Waals surface area (Å²) in [5, 5.41) is 0. The van der Waals surface area contributed by atoms with Gasteiger partial charge in [0.05, 0.1) is 13.2 Å². The lowest BCUT2D eigenvalue weighted by atomic mass is 10.1. The first kappa shape index (κ1) is 12.1. The topological polar surface area (TPSA) is 35.5 Å². The maximum atomic E-state index is 11.5. The van der Waals surface area contributed by atoms with Crippen molar-refractivity contribution in [2.45, 2.75) is 40.0 Å². The fraction of sp³-hybridized carbons (Fsp3) is 0.750. The second-order valence-corrected chi connectivity index (χ2v) is 3.61. The highest BCUT2D eigenvalue weighted by Crippen LogP contribution is 2.44. The van der Waals surface area contributed by atoms with Gasteiger partial charge < -0.3 is 9.47 Å². The molecule has 0 amide bonds. The van der Waals surface area contributed by atoms with Gasteiger partial charge in [-0.3, -0.25) is 4.79 Å². The van der Waals surface area contributed by atoms with Gasteiger partial charge in [-0.1, -0.05) is 13.3 Å². The van der Waals surface area contributed by atoms with Crippen molar-refractivity contribution < 1.29 is 14.3 Å². The van der Waals surface area contributed by atoms with Gasteiger partial charge in [-0.15, -0.1) is 0 Å². The molecular formula is C12H20O3. The summed E-state index contributed by atoms with van der Waals surface area (Å²) in [4.78, 5) is 11.5. The van der Waals surface area contributed by atoms with Crippen molar-refractivity contribution >= 4 is 5.97 Å². The first-order chi connectivity index (χ1) is 7.26. The van der Waals surface area contributed by atoms with Crippen molar-refractivity contribution in [3.05, 3.63) is 11.3 Å². The van der Waals surface area contributed by atoms with E-state index in [1.807, 2.05) is 13.8 Å². The first-order valence-corrected chi connectivity index (χ1v) is 5.78. The quantitative estimate of drug-likeness (QED) is 0.609. The third kappa shape index (κ3) is 2.98. The Morgan fingerprint density at radius 1 is 1.27 bits per heavy atom. The van der Waals surface area contributed by atoms with Gasteiger partial charge in [0.25, 0.3) is 0 Å². The summed E-state index contributed by atoms with van der Waals surface area (Å²) in [6.45, 7) is 6.97. The standard InChI is InChI=1S/C12H20O3/c1-4-7-8-9-10(11(9)14-5-2)12(13)15-6-3/h10H,4-8H2,1-3H3. The predicted molar refractivity (Wildman–Crippen MR) is 58.3 cm³/mol. The molecule has 0 aromatic carbocycles. The molecule has 1 aliphatic rings. The highest BCUT2D eigenvalue weighted by atomic mass is 16.5. The van der Waals surface area contributed by atoms with Gasteiger partial charge in [0, 0.05) is 0 Å². The molecule has 0 radical (unpaired) electrons. The van der Waals surface area contributed by atoms with Crippen LogP contribution in [0.25, 0.3) is 0 Å². The van der Waals surface area contributed by atoms with Crippen molar-refractivity contribution in [3.8, 4) is 0 Å². The molecule has 0 heterocycles. The Morgan fingerprint density at radius 3 is 2.53 bits per heavy atom. The van der Waals surface area contributed by atoms with Crippen LogP contribution in [0.4, 0.5) is 0 Å². The maximum absolute atomic E-state index is 11.5. The zero-order valence-corrected chi connectivity index (χ0v) is 9.84. The third-order valence-corrected chi connectivity index (χ3v) is 2.47. The minimum atomic E-state index is -0.156. The van der Waals surface area contributed by atoms with E-state index in [0.29, 0.717) is 13.2 Å². The average molecular weight is 212 g/mol. The third-order valence-electron chi connectivity index (χ3n) is 2.47. The maximum Gasteiger partial charge on any atom is 0.320 e. The summed E-state index contributed by atoms with van der Waals surface area (Å²) in [7, 11) is 0. The van der Waals surface area contributed by atoms with Crippen LogP contribution in [0.2, 0.25) is 0 Å². The molecule has 0 aromatic rings. The number of ether oxygens (including phenoxy) is 2. The molecule has 86 valence electrons. The molecule has 1 atom stereocenters. The van der Waals surface area contributed by atoms with Crippen molar-refractivity contribution in [2.75, 3.05) is 13.2 Å². The number of unbranched alkanes of at least 4 members (excludes halogenated alkanes) is 1. The SMILES string of the molecule is CCCCC1=C(OCC)C1C(=O)OCC. The summed E-state index contributed by atoms with van der Waals surface area (Å²) in [5.74, 6) is 0.563. The number of esters is 1. The van der Waals surface area contributed by atoms with Crippen LogP contribution in [0.15, 0.2) is 11.3 Å². The fourth-order valence-corrected chi connectivity index (χ4v) is 1.69. The molecule has 3 heteroatoms. The summed E-state index contributed by atoms with van der Waals surface area (Å²) in [5.41, 5.74) is 1.15. The van der Waals surface area contributed by atoms with Crippen LogP contribution in [0.1, 0.15) is 40.0 Å². The molecule has 1 aliphatic carbocycles. The molecule has 0 spiro atoms. The number of hydrogen-bond acceptors (Lipinski definition) is 3. The minimum Gasteiger partial charge on any atom is -0.497 e. The Bertz CT molecular complexity index is 256. The zero-order valence-electron chi connectivity index (χ0n) is 9.84. The van der Waals surface area contributed by atoms with E-state index in [1.165, 1.54) is 0 Å². The van der Waals surface area contributed by atoms with Gasteiger partial charge in [-0.05, 0) is 32.3 Å². The highest BCUT2D eigenvalue weighted by molar-refractivity contribution is 5.84. The largest absolute Gasteiger partial charge is 0.497 e. The van der Waals surface area contributed by atoms with Crippen LogP contribution in [-0.4, -0.2) is 19.2 Å². The van der Waals surface area contributed by atoms with Gasteiger partial charge in [-0.25, -0.2) is 0 Å². The summed E-state index contributed by atoms with van der Waals surface area (Å²) < 4.78 is 10.4. The predicted octanol–water partition coefficient (Wildman–Crippen LogP) is 2.66. The van der Waals surface area contributed by atoms with Gasteiger partial charge >= 0.3 is 5.97 Å². The monoisotopic (exact) mass is 212 g/mol. The minimum absolute atomic E-state index is 0.146. The van der Waals surface area contributed by atoms with Crippen LogP contribution in [0.5, 0.6) is 0 Å². The van der Waals surface area contributed by atoms with Crippen LogP contribution in [-0.2, 0) is 14.3 Å². The molecule has 0 aromatic heterocycles. The normalized spacial score (nSPS) is 19.0. The lowest BCUT2D eigenvalue weighted by molar-refractivity contribution is -0.144. The van der Waals surface area contributed by atoms with Crippen LogP contribution >= 0.6 is 0 Å². The smallest absolute Gasteiger partial charge is 0.320 e. The van der Waals surface area contributed by atoms with E-state index >= 15 is 0 Å². The molecule has 3 nitrogen and oxygen atoms in total. The first-order valence-electron chi connectivity index (χ1n) is 5.78. The van der Waals surface area contributed by atoms with Crippen LogP contribution in [0, 0.1) is 5.92 Å². The highest BCUT2D eigenvalue weighted by Gasteiger charge is 2.44. The molecule has 0 fully saturated rings. The Labute approximate surface area is 91.4 Å². The fourth-order valence-electron chi connectivity index (χ4n) is 1.69. The Balaban J connectivity index is 2.45. The molecule has 0 N–H and O–H groups in total. The zero-order chi connectivity index (χ0) is 11.3. The number of carbonyl (C=O) groups is 1.